The number of imide groups is 1. The van der Waals surface area contributed by atoms with Crippen LogP contribution in [0.25, 0.3) is 0 Å². The number of carbonyl (C=O) groups excluding carboxylic acids is 4. The summed E-state index contributed by atoms with van der Waals surface area (Å²) in [5, 5.41) is 9.38. The molecule has 1 aromatic rings. The van der Waals surface area contributed by atoms with E-state index in [9.17, 15) is 19.2 Å². The van der Waals surface area contributed by atoms with Crippen molar-refractivity contribution >= 4 is 29.6 Å². The molecule has 0 bridgehead atoms. The summed E-state index contributed by atoms with van der Waals surface area (Å²) in [6.45, 7) is 6.47. The summed E-state index contributed by atoms with van der Waals surface area (Å²) in [5.74, 6) is 0.725. The van der Waals surface area contributed by atoms with Crippen LogP contribution in [0.4, 0.5) is 10.6 Å². The number of anilines is 1. The number of aromatic nitrogens is 1. The minimum atomic E-state index is -0.876. The fourth-order valence-corrected chi connectivity index (χ4v) is 5.50. The number of hydrogen-bond donors (Lipinski definition) is 2. The van der Waals surface area contributed by atoms with Crippen LogP contribution in [0.3, 0.4) is 0 Å². The lowest BCUT2D eigenvalue weighted by molar-refractivity contribution is -0.141. The number of aryl methyl sites for hydroxylation is 1. The Morgan fingerprint density at radius 2 is 1.88 bits per heavy atom. The van der Waals surface area contributed by atoms with Crippen molar-refractivity contribution in [1.82, 2.24) is 20.3 Å². The Kier molecular flexibility index (Phi) is 5.96. The second kappa shape index (κ2) is 8.55. The molecule has 2 saturated heterocycles. The fourth-order valence-electron chi connectivity index (χ4n) is 5.50. The lowest BCUT2D eigenvalue weighted by atomic mass is 9.71. The molecule has 1 aliphatic carbocycles. The summed E-state index contributed by atoms with van der Waals surface area (Å²) in [6.07, 6.45) is 3.26. The van der Waals surface area contributed by atoms with Crippen molar-refractivity contribution in [1.29, 1.82) is 0 Å². The molecule has 5 amide bonds. The van der Waals surface area contributed by atoms with Crippen molar-refractivity contribution in [3.05, 3.63) is 11.8 Å². The van der Waals surface area contributed by atoms with E-state index in [1.54, 1.807) is 17.9 Å². The van der Waals surface area contributed by atoms with Crippen LogP contribution in [0.15, 0.2) is 10.6 Å². The highest BCUT2D eigenvalue weighted by Crippen LogP contribution is 2.39. The zero-order chi connectivity index (χ0) is 23.0. The van der Waals surface area contributed by atoms with Gasteiger partial charge in [0.25, 0.3) is 5.91 Å². The Labute approximate surface area is 187 Å². The SMILES string of the molecule is Cc1cc(NC(=O)C2CCN(C(=O)CN3C(=O)NC4(C[C@H](C)C[C@@H](C)C4)C3=O)CC2)no1. The summed E-state index contributed by atoms with van der Waals surface area (Å²) < 4.78 is 4.95. The van der Waals surface area contributed by atoms with E-state index < -0.39 is 11.6 Å². The van der Waals surface area contributed by atoms with Gasteiger partial charge in [0.15, 0.2) is 5.82 Å². The van der Waals surface area contributed by atoms with Crippen LogP contribution in [0.1, 0.15) is 51.7 Å². The summed E-state index contributed by atoms with van der Waals surface area (Å²) in [4.78, 5) is 53.7. The largest absolute Gasteiger partial charge is 0.360 e. The van der Waals surface area contributed by atoms with E-state index in [0.717, 1.165) is 11.3 Å². The molecule has 4 rings (SSSR count). The van der Waals surface area contributed by atoms with Gasteiger partial charge in [0, 0.05) is 25.1 Å². The summed E-state index contributed by atoms with van der Waals surface area (Å²) in [7, 11) is 0. The molecule has 32 heavy (non-hydrogen) atoms. The zero-order valence-corrected chi connectivity index (χ0v) is 18.8. The predicted molar refractivity (Wildman–Crippen MR) is 114 cm³/mol. The molecule has 2 N–H and O–H groups in total. The summed E-state index contributed by atoms with van der Waals surface area (Å²) >= 11 is 0. The average molecular weight is 446 g/mol. The monoisotopic (exact) mass is 445 g/mol. The molecule has 174 valence electrons. The average Bonchev–Trinajstić information content (AvgIpc) is 3.23. The van der Waals surface area contributed by atoms with Gasteiger partial charge in [-0.25, -0.2) is 4.79 Å². The van der Waals surface area contributed by atoms with Crippen LogP contribution in [-0.4, -0.2) is 63.9 Å². The molecule has 1 spiro atoms. The minimum absolute atomic E-state index is 0.151. The van der Waals surface area contributed by atoms with Crippen LogP contribution in [0.2, 0.25) is 0 Å². The lowest BCUT2D eigenvalue weighted by Gasteiger charge is -2.38. The first-order valence-corrected chi connectivity index (χ1v) is 11.3. The molecular formula is C22H31N5O5. The van der Waals surface area contributed by atoms with Crippen molar-refractivity contribution in [3.63, 3.8) is 0 Å². The maximum atomic E-state index is 13.1. The molecule has 10 heteroatoms. The van der Waals surface area contributed by atoms with E-state index in [2.05, 4.69) is 29.6 Å². The van der Waals surface area contributed by atoms with Crippen LogP contribution in [0.5, 0.6) is 0 Å². The molecule has 10 nitrogen and oxygen atoms in total. The molecule has 0 radical (unpaired) electrons. The third-order valence-corrected chi connectivity index (χ3v) is 6.84. The lowest BCUT2D eigenvalue weighted by Crippen LogP contribution is -2.52. The van der Waals surface area contributed by atoms with Gasteiger partial charge in [-0.15, -0.1) is 0 Å². The van der Waals surface area contributed by atoms with Gasteiger partial charge in [0.05, 0.1) is 0 Å². The Morgan fingerprint density at radius 1 is 1.22 bits per heavy atom. The topological polar surface area (TPSA) is 125 Å². The minimum Gasteiger partial charge on any atom is -0.360 e. The third-order valence-electron chi connectivity index (χ3n) is 6.84. The highest BCUT2D eigenvalue weighted by molar-refractivity contribution is 6.09. The number of urea groups is 1. The Morgan fingerprint density at radius 3 is 2.47 bits per heavy atom. The van der Waals surface area contributed by atoms with E-state index in [4.69, 9.17) is 4.52 Å². The first-order chi connectivity index (χ1) is 15.2. The van der Waals surface area contributed by atoms with Crippen LogP contribution < -0.4 is 10.6 Å². The Hall–Kier alpha value is -2.91. The van der Waals surface area contributed by atoms with Crippen molar-refractivity contribution in [2.75, 3.05) is 25.0 Å². The molecule has 3 aliphatic rings. The number of rotatable bonds is 4. The summed E-state index contributed by atoms with van der Waals surface area (Å²) in [6, 6.07) is 1.16. The van der Waals surface area contributed by atoms with Gasteiger partial charge >= 0.3 is 6.03 Å². The number of carbonyl (C=O) groups is 4. The maximum absolute atomic E-state index is 13.1. The van der Waals surface area contributed by atoms with E-state index in [1.165, 1.54) is 0 Å². The quantitative estimate of drug-likeness (QED) is 0.682. The number of hydrogen-bond acceptors (Lipinski definition) is 6. The third kappa shape index (κ3) is 4.35. The van der Waals surface area contributed by atoms with Crippen LogP contribution in [-0.2, 0) is 14.4 Å². The van der Waals surface area contributed by atoms with Crippen molar-refractivity contribution in [2.45, 2.75) is 58.4 Å². The van der Waals surface area contributed by atoms with Gasteiger partial charge in [0.2, 0.25) is 11.8 Å². The van der Waals surface area contributed by atoms with Crippen molar-refractivity contribution < 1.29 is 23.7 Å². The maximum Gasteiger partial charge on any atom is 0.325 e. The highest BCUT2D eigenvalue weighted by atomic mass is 16.5. The summed E-state index contributed by atoms with van der Waals surface area (Å²) in [5.41, 5.74) is -0.876. The van der Waals surface area contributed by atoms with Crippen LogP contribution in [0, 0.1) is 24.7 Å². The molecule has 2 atom stereocenters. The molecule has 3 heterocycles. The molecule has 3 fully saturated rings. The number of amides is 5. The number of likely N-dealkylation sites (tertiary alicyclic amines) is 1. The molecule has 1 saturated carbocycles. The number of piperidine rings is 1. The second-order valence-corrected chi connectivity index (χ2v) is 9.72. The molecule has 2 aliphatic heterocycles. The molecule has 0 aromatic carbocycles. The smallest absolute Gasteiger partial charge is 0.325 e. The number of nitrogens with zero attached hydrogens (tertiary/aromatic N) is 3. The van der Waals surface area contributed by atoms with Gasteiger partial charge in [-0.1, -0.05) is 19.0 Å². The van der Waals surface area contributed by atoms with Gasteiger partial charge in [-0.2, -0.15) is 0 Å². The fraction of sp³-hybridized carbons (Fsp3) is 0.682. The second-order valence-electron chi connectivity index (χ2n) is 9.72. The van der Waals surface area contributed by atoms with Crippen molar-refractivity contribution in [3.8, 4) is 0 Å². The predicted octanol–water partition coefficient (Wildman–Crippen LogP) is 1.91. The Balaban J connectivity index is 1.30. The first kappa shape index (κ1) is 22.3. The van der Waals surface area contributed by atoms with Gasteiger partial charge < -0.3 is 20.1 Å². The Bertz CT molecular complexity index is 910. The molecule has 1 aromatic heterocycles. The number of nitrogens with one attached hydrogen (secondary N) is 2. The van der Waals surface area contributed by atoms with E-state index >= 15 is 0 Å². The normalized spacial score (nSPS) is 28.8. The van der Waals surface area contributed by atoms with Crippen molar-refractivity contribution in [2.24, 2.45) is 17.8 Å². The van der Waals surface area contributed by atoms with E-state index in [0.29, 0.717) is 62.2 Å². The standard InChI is InChI=1S/C22H31N5O5/c1-13-8-14(2)11-22(10-13)20(30)27(21(31)24-22)12-18(28)26-6-4-16(5-7-26)19(29)23-17-9-15(3)32-25-17/h9,13-14,16H,4-8,10-12H2,1-3H3,(H,24,31)(H,23,25,29)/t13-,14-/m1/s1. The molecule has 0 unspecified atom stereocenters. The van der Waals surface area contributed by atoms with Crippen LogP contribution >= 0.6 is 0 Å². The highest BCUT2D eigenvalue weighted by Gasteiger charge is 2.54. The van der Waals surface area contributed by atoms with Gasteiger partial charge in [-0.3, -0.25) is 19.3 Å². The zero-order valence-electron chi connectivity index (χ0n) is 18.8. The first-order valence-electron chi connectivity index (χ1n) is 11.3. The van der Waals surface area contributed by atoms with Gasteiger partial charge in [-0.05, 0) is 50.9 Å². The molecular weight excluding hydrogens is 414 g/mol. The van der Waals surface area contributed by atoms with E-state index in [1.807, 2.05) is 0 Å². The van der Waals surface area contributed by atoms with Gasteiger partial charge in [0.1, 0.15) is 17.8 Å². The van der Waals surface area contributed by atoms with E-state index in [-0.39, 0.29) is 30.2 Å².